The number of anilines is 1. The van der Waals surface area contributed by atoms with Gasteiger partial charge < -0.3 is 4.74 Å². The molecule has 6 heteroatoms. The van der Waals surface area contributed by atoms with Crippen LogP contribution in [0.25, 0.3) is 0 Å². The van der Waals surface area contributed by atoms with Crippen LogP contribution in [0.5, 0.6) is 5.75 Å². The maximum Gasteiger partial charge on any atom is 0.264 e. The zero-order valence-corrected chi connectivity index (χ0v) is 14.3. The average Bonchev–Trinajstić information content (AvgIpc) is 2.49. The second-order valence-corrected chi connectivity index (χ2v) is 7.02. The van der Waals surface area contributed by atoms with E-state index in [1.807, 2.05) is 6.92 Å². The van der Waals surface area contributed by atoms with Crippen LogP contribution < -0.4 is 9.04 Å². The lowest BCUT2D eigenvalue weighted by Crippen LogP contribution is -2.31. The first-order chi connectivity index (χ1) is 10.4. The zero-order chi connectivity index (χ0) is 16.3. The van der Waals surface area contributed by atoms with Gasteiger partial charge in [0.05, 0.1) is 22.7 Å². The van der Waals surface area contributed by atoms with Gasteiger partial charge >= 0.3 is 0 Å². The lowest BCUT2D eigenvalue weighted by molar-refractivity contribution is 0.411. The molecule has 0 fully saturated rings. The number of nitrogens with zero attached hydrogens (tertiary/aromatic N) is 1. The van der Waals surface area contributed by atoms with Crippen molar-refractivity contribution in [3.8, 4) is 5.75 Å². The molecule has 2 aromatic rings. The number of rotatable bonds is 5. The van der Waals surface area contributed by atoms with Gasteiger partial charge in [-0.15, -0.1) is 0 Å². The minimum Gasteiger partial charge on any atom is -0.496 e. The monoisotopic (exact) mass is 339 g/mol. The molecule has 0 unspecified atom stereocenters. The third-order valence-electron chi connectivity index (χ3n) is 3.36. The Morgan fingerprint density at radius 3 is 2.41 bits per heavy atom. The molecule has 0 radical (unpaired) electrons. The van der Waals surface area contributed by atoms with Gasteiger partial charge in [0.25, 0.3) is 10.0 Å². The van der Waals surface area contributed by atoms with Crippen molar-refractivity contribution in [1.29, 1.82) is 0 Å². The molecule has 0 bridgehead atoms. The van der Waals surface area contributed by atoms with Crippen LogP contribution in [0.15, 0.2) is 47.4 Å². The number of hydrogen-bond acceptors (Lipinski definition) is 3. The Bertz CT molecular complexity index is 775. The maximum absolute atomic E-state index is 12.9. The van der Waals surface area contributed by atoms with Gasteiger partial charge in [0.1, 0.15) is 5.75 Å². The van der Waals surface area contributed by atoms with Crippen LogP contribution in [0.4, 0.5) is 5.69 Å². The van der Waals surface area contributed by atoms with E-state index in [1.54, 1.807) is 56.5 Å². The molecular weight excluding hydrogens is 322 g/mol. The maximum atomic E-state index is 12.9. The minimum atomic E-state index is -3.68. The van der Waals surface area contributed by atoms with E-state index < -0.39 is 10.0 Å². The molecule has 0 amide bonds. The average molecular weight is 340 g/mol. The van der Waals surface area contributed by atoms with Crippen molar-refractivity contribution in [3.05, 3.63) is 53.1 Å². The van der Waals surface area contributed by atoms with Crippen molar-refractivity contribution in [2.75, 3.05) is 18.0 Å². The van der Waals surface area contributed by atoms with Gasteiger partial charge in [0, 0.05) is 6.54 Å². The van der Waals surface area contributed by atoms with Gasteiger partial charge in [0.2, 0.25) is 0 Å². The van der Waals surface area contributed by atoms with Crippen molar-refractivity contribution >= 4 is 27.3 Å². The molecule has 22 heavy (non-hydrogen) atoms. The summed E-state index contributed by atoms with van der Waals surface area (Å²) in [6, 6.07) is 11.7. The first kappa shape index (κ1) is 16.6. The quantitative estimate of drug-likeness (QED) is 0.830. The minimum absolute atomic E-state index is 0.215. The number of sulfonamides is 1. The summed E-state index contributed by atoms with van der Waals surface area (Å²) >= 11 is 6.14. The van der Waals surface area contributed by atoms with E-state index >= 15 is 0 Å². The summed E-state index contributed by atoms with van der Waals surface area (Å²) < 4.78 is 32.3. The molecule has 0 atom stereocenters. The van der Waals surface area contributed by atoms with E-state index in [4.69, 9.17) is 16.3 Å². The molecule has 0 aliphatic heterocycles. The van der Waals surface area contributed by atoms with Gasteiger partial charge in [-0.2, -0.15) is 0 Å². The highest BCUT2D eigenvalue weighted by atomic mass is 35.5. The lowest BCUT2D eigenvalue weighted by Gasteiger charge is -2.24. The number of methoxy groups -OCH3 is 1. The van der Waals surface area contributed by atoms with Gasteiger partial charge in [0.15, 0.2) is 0 Å². The van der Waals surface area contributed by atoms with Crippen molar-refractivity contribution in [3.63, 3.8) is 0 Å². The molecule has 2 rings (SSSR count). The molecular formula is C16H18ClNO3S. The number of benzene rings is 2. The highest BCUT2D eigenvalue weighted by Gasteiger charge is 2.25. The fourth-order valence-electron chi connectivity index (χ4n) is 2.26. The molecule has 0 saturated heterocycles. The summed E-state index contributed by atoms with van der Waals surface area (Å²) in [5, 5.41) is 0.401. The number of para-hydroxylation sites is 1. The van der Waals surface area contributed by atoms with Crippen LogP contribution in [-0.4, -0.2) is 22.1 Å². The number of ether oxygens (including phenoxy) is 1. The smallest absolute Gasteiger partial charge is 0.264 e. The van der Waals surface area contributed by atoms with Gasteiger partial charge in [-0.05, 0) is 49.7 Å². The van der Waals surface area contributed by atoms with Crippen LogP contribution >= 0.6 is 11.6 Å². The molecule has 0 N–H and O–H groups in total. The van der Waals surface area contributed by atoms with Crippen molar-refractivity contribution in [1.82, 2.24) is 0 Å². The SMILES string of the molecule is CCN(c1ccccc1Cl)S(=O)(=O)c1ccc(OC)c(C)c1. The molecule has 118 valence electrons. The van der Waals surface area contributed by atoms with Crippen LogP contribution in [0.3, 0.4) is 0 Å². The van der Waals surface area contributed by atoms with E-state index in [-0.39, 0.29) is 11.4 Å². The second kappa shape index (κ2) is 6.58. The van der Waals surface area contributed by atoms with Crippen LogP contribution in [0.2, 0.25) is 5.02 Å². The van der Waals surface area contributed by atoms with Crippen LogP contribution in [-0.2, 0) is 10.0 Å². The summed E-state index contributed by atoms with van der Waals surface area (Å²) in [4.78, 5) is 0.215. The third kappa shape index (κ3) is 3.05. The van der Waals surface area contributed by atoms with E-state index in [0.29, 0.717) is 16.5 Å². The van der Waals surface area contributed by atoms with Crippen LogP contribution in [0, 0.1) is 6.92 Å². The standard InChI is InChI=1S/C16H18ClNO3S/c1-4-18(15-8-6-5-7-14(15)17)22(19,20)13-9-10-16(21-3)12(2)11-13/h5-11H,4H2,1-3H3. The predicted octanol–water partition coefficient (Wildman–Crippen LogP) is 3.87. The van der Waals surface area contributed by atoms with E-state index in [2.05, 4.69) is 0 Å². The molecule has 0 aliphatic rings. The van der Waals surface area contributed by atoms with E-state index in [0.717, 1.165) is 5.56 Å². The Balaban J connectivity index is 2.52. The number of hydrogen-bond donors (Lipinski definition) is 0. The summed E-state index contributed by atoms with van der Waals surface area (Å²) in [5.41, 5.74) is 1.24. The van der Waals surface area contributed by atoms with Crippen molar-refractivity contribution in [2.45, 2.75) is 18.7 Å². The molecule has 0 saturated carbocycles. The van der Waals surface area contributed by atoms with Crippen molar-refractivity contribution in [2.24, 2.45) is 0 Å². The molecule has 0 heterocycles. The first-order valence-electron chi connectivity index (χ1n) is 6.83. The molecule has 2 aromatic carbocycles. The normalized spacial score (nSPS) is 11.3. The van der Waals surface area contributed by atoms with Crippen LogP contribution in [0.1, 0.15) is 12.5 Å². The Hall–Kier alpha value is -1.72. The van der Waals surface area contributed by atoms with E-state index in [9.17, 15) is 8.42 Å². The second-order valence-electron chi connectivity index (χ2n) is 4.75. The summed E-state index contributed by atoms with van der Waals surface area (Å²) in [6.07, 6.45) is 0. The van der Waals surface area contributed by atoms with E-state index in [1.165, 1.54) is 4.31 Å². The fraction of sp³-hybridized carbons (Fsp3) is 0.250. The first-order valence-corrected chi connectivity index (χ1v) is 8.65. The fourth-order valence-corrected chi connectivity index (χ4v) is 4.13. The Kier molecular flexibility index (Phi) is 4.98. The topological polar surface area (TPSA) is 46.6 Å². The number of halogens is 1. The summed E-state index contributed by atoms with van der Waals surface area (Å²) in [5.74, 6) is 0.653. The molecule has 0 spiro atoms. The highest BCUT2D eigenvalue weighted by molar-refractivity contribution is 7.92. The van der Waals surface area contributed by atoms with Gasteiger partial charge in [-0.3, -0.25) is 4.31 Å². The largest absolute Gasteiger partial charge is 0.496 e. The van der Waals surface area contributed by atoms with Crippen molar-refractivity contribution < 1.29 is 13.2 Å². The summed E-state index contributed by atoms with van der Waals surface area (Å²) in [6.45, 7) is 3.87. The Labute approximate surface area is 136 Å². The Morgan fingerprint density at radius 2 is 1.86 bits per heavy atom. The molecule has 0 aliphatic carbocycles. The zero-order valence-electron chi connectivity index (χ0n) is 12.7. The summed E-state index contributed by atoms with van der Waals surface area (Å²) in [7, 11) is -2.13. The molecule has 0 aromatic heterocycles. The van der Waals surface area contributed by atoms with Gasteiger partial charge in [-0.1, -0.05) is 23.7 Å². The lowest BCUT2D eigenvalue weighted by atomic mass is 10.2. The molecule has 4 nitrogen and oxygen atoms in total. The number of aryl methyl sites for hydroxylation is 1. The Morgan fingerprint density at radius 1 is 1.18 bits per heavy atom. The third-order valence-corrected chi connectivity index (χ3v) is 5.57. The highest BCUT2D eigenvalue weighted by Crippen LogP contribution is 2.31. The van der Waals surface area contributed by atoms with Gasteiger partial charge in [-0.25, -0.2) is 8.42 Å². The predicted molar refractivity (Wildman–Crippen MR) is 89.4 cm³/mol.